The molecule has 0 atom stereocenters. The van der Waals surface area contributed by atoms with Gasteiger partial charge in [-0.1, -0.05) is 22.9 Å². The van der Waals surface area contributed by atoms with Crippen molar-refractivity contribution in [2.45, 2.75) is 13.3 Å². The molecule has 0 aliphatic rings. The molecule has 1 N–H and O–H groups in total. The zero-order chi connectivity index (χ0) is 17.8. The second kappa shape index (κ2) is 7.97. The number of hydrogen-bond donors (Lipinski definition) is 1. The lowest BCUT2D eigenvalue weighted by Gasteiger charge is -2.08. The van der Waals surface area contributed by atoms with Gasteiger partial charge in [0.05, 0.1) is 12.1 Å². The molecule has 0 radical (unpaired) electrons. The van der Waals surface area contributed by atoms with Gasteiger partial charge in [0.2, 0.25) is 0 Å². The third-order valence-corrected chi connectivity index (χ3v) is 4.52. The van der Waals surface area contributed by atoms with Crippen LogP contribution in [0.1, 0.15) is 13.3 Å². The number of aromatic nitrogens is 2. The van der Waals surface area contributed by atoms with Crippen molar-refractivity contribution in [3.05, 3.63) is 46.7 Å². The van der Waals surface area contributed by atoms with Gasteiger partial charge in [0, 0.05) is 28.5 Å². The van der Waals surface area contributed by atoms with E-state index >= 15 is 0 Å². The summed E-state index contributed by atoms with van der Waals surface area (Å²) in [6, 6.07) is 10.8. The number of nitrogens with one attached hydrogen (secondary N) is 1. The van der Waals surface area contributed by atoms with E-state index in [-0.39, 0.29) is 5.82 Å². The number of hydrogen-bond acceptors (Lipinski definition) is 3. The number of benzene rings is 2. The second-order valence-electron chi connectivity index (χ2n) is 5.83. The molecule has 4 nitrogen and oxygen atoms in total. The fourth-order valence-electron chi connectivity index (χ4n) is 2.77. The molecule has 2 aromatic carbocycles. The minimum atomic E-state index is -0.327. The Balaban J connectivity index is 1.82. The largest absolute Gasteiger partial charge is 0.493 e. The van der Waals surface area contributed by atoms with Crippen LogP contribution in [-0.4, -0.2) is 29.5 Å². The first kappa shape index (κ1) is 17.9. The van der Waals surface area contributed by atoms with E-state index in [1.54, 1.807) is 16.8 Å². The molecule has 0 saturated carbocycles. The van der Waals surface area contributed by atoms with Crippen LogP contribution in [0.15, 0.2) is 40.9 Å². The standard InChI is InChI=1S/C19H21BrFN3O/c1-3-22-9-4-10-25-14-6-8-15(17(21)12-14)19-16-7-5-13(20)11-18(16)24(2)23-19/h5-8,11-12,22H,3-4,9-10H2,1-2H3. The zero-order valence-electron chi connectivity index (χ0n) is 14.4. The van der Waals surface area contributed by atoms with Gasteiger partial charge in [0.1, 0.15) is 17.3 Å². The highest BCUT2D eigenvalue weighted by atomic mass is 79.9. The van der Waals surface area contributed by atoms with Crippen LogP contribution < -0.4 is 10.1 Å². The van der Waals surface area contributed by atoms with E-state index in [2.05, 4.69) is 33.3 Å². The summed E-state index contributed by atoms with van der Waals surface area (Å²) in [4.78, 5) is 0. The lowest BCUT2D eigenvalue weighted by molar-refractivity contribution is 0.307. The SMILES string of the molecule is CCNCCCOc1ccc(-c2nn(C)c3cc(Br)ccc23)c(F)c1. The van der Waals surface area contributed by atoms with E-state index in [9.17, 15) is 4.39 Å². The molecule has 0 unspecified atom stereocenters. The lowest BCUT2D eigenvalue weighted by Crippen LogP contribution is -2.16. The lowest BCUT2D eigenvalue weighted by atomic mass is 10.1. The van der Waals surface area contributed by atoms with Crippen molar-refractivity contribution < 1.29 is 9.13 Å². The van der Waals surface area contributed by atoms with Gasteiger partial charge in [0.15, 0.2) is 0 Å². The van der Waals surface area contributed by atoms with Crippen LogP contribution in [0, 0.1) is 5.82 Å². The first-order chi connectivity index (χ1) is 12.1. The number of ether oxygens (including phenoxy) is 1. The smallest absolute Gasteiger partial charge is 0.136 e. The Morgan fingerprint density at radius 1 is 1.24 bits per heavy atom. The van der Waals surface area contributed by atoms with Gasteiger partial charge < -0.3 is 10.1 Å². The van der Waals surface area contributed by atoms with Crippen LogP contribution in [0.3, 0.4) is 0 Å². The van der Waals surface area contributed by atoms with Crippen LogP contribution in [0.25, 0.3) is 22.2 Å². The summed E-state index contributed by atoms with van der Waals surface area (Å²) in [5.41, 5.74) is 2.07. The van der Waals surface area contributed by atoms with Gasteiger partial charge in [-0.2, -0.15) is 5.10 Å². The number of aryl methyl sites for hydroxylation is 1. The Labute approximate surface area is 155 Å². The Hall–Kier alpha value is -1.92. The van der Waals surface area contributed by atoms with Gasteiger partial charge in [-0.25, -0.2) is 4.39 Å². The summed E-state index contributed by atoms with van der Waals surface area (Å²) in [6.07, 6.45) is 0.886. The quantitative estimate of drug-likeness (QED) is 0.587. The average Bonchev–Trinajstić information content (AvgIpc) is 2.91. The first-order valence-electron chi connectivity index (χ1n) is 8.36. The third kappa shape index (κ3) is 4.02. The van der Waals surface area contributed by atoms with Gasteiger partial charge in [-0.05, 0) is 49.8 Å². The van der Waals surface area contributed by atoms with Crippen molar-refractivity contribution in [3.63, 3.8) is 0 Å². The van der Waals surface area contributed by atoms with Gasteiger partial charge in [-0.3, -0.25) is 4.68 Å². The molecule has 0 aliphatic carbocycles. The molecule has 0 bridgehead atoms. The summed E-state index contributed by atoms with van der Waals surface area (Å²) in [7, 11) is 1.86. The molecule has 1 heterocycles. The van der Waals surface area contributed by atoms with Crippen LogP contribution in [0.2, 0.25) is 0 Å². The fourth-order valence-corrected chi connectivity index (χ4v) is 3.12. The van der Waals surface area contributed by atoms with Crippen LogP contribution >= 0.6 is 15.9 Å². The van der Waals surface area contributed by atoms with Crippen LogP contribution in [0.4, 0.5) is 4.39 Å². The molecule has 132 valence electrons. The van der Waals surface area contributed by atoms with Crippen molar-refractivity contribution >= 4 is 26.8 Å². The number of halogens is 2. The molecule has 25 heavy (non-hydrogen) atoms. The summed E-state index contributed by atoms with van der Waals surface area (Å²) in [5.74, 6) is 0.216. The fraction of sp³-hybridized carbons (Fsp3) is 0.316. The summed E-state index contributed by atoms with van der Waals surface area (Å²) < 4.78 is 23.0. The highest BCUT2D eigenvalue weighted by molar-refractivity contribution is 9.10. The highest BCUT2D eigenvalue weighted by Gasteiger charge is 2.15. The molecule has 0 aliphatic heterocycles. The van der Waals surface area contributed by atoms with Gasteiger partial charge in [-0.15, -0.1) is 0 Å². The highest BCUT2D eigenvalue weighted by Crippen LogP contribution is 2.32. The normalized spacial score (nSPS) is 11.2. The molecule has 6 heteroatoms. The summed E-state index contributed by atoms with van der Waals surface area (Å²) >= 11 is 3.46. The molecule has 1 aromatic heterocycles. The van der Waals surface area contributed by atoms with E-state index in [0.29, 0.717) is 23.6 Å². The third-order valence-electron chi connectivity index (χ3n) is 4.03. The van der Waals surface area contributed by atoms with E-state index < -0.39 is 0 Å². The number of fused-ring (bicyclic) bond motifs is 1. The van der Waals surface area contributed by atoms with Crippen molar-refractivity contribution in [1.29, 1.82) is 0 Å². The predicted octanol–water partition coefficient (Wildman–Crippen LogP) is 4.52. The summed E-state index contributed by atoms with van der Waals surface area (Å²) in [6.45, 7) is 4.46. The first-order valence-corrected chi connectivity index (χ1v) is 9.15. The molecule has 0 amide bonds. The molecule has 0 fully saturated rings. The zero-order valence-corrected chi connectivity index (χ0v) is 15.9. The van der Waals surface area contributed by atoms with Crippen LogP contribution in [-0.2, 0) is 7.05 Å². The summed E-state index contributed by atoms with van der Waals surface area (Å²) in [5, 5.41) is 8.65. The van der Waals surface area contributed by atoms with E-state index in [1.807, 2.05) is 25.2 Å². The predicted molar refractivity (Wildman–Crippen MR) is 102 cm³/mol. The van der Waals surface area contributed by atoms with Crippen LogP contribution in [0.5, 0.6) is 5.75 Å². The molecular weight excluding hydrogens is 385 g/mol. The van der Waals surface area contributed by atoms with Gasteiger partial charge in [0.25, 0.3) is 0 Å². The molecular formula is C19H21BrFN3O. The van der Waals surface area contributed by atoms with E-state index in [1.165, 1.54) is 6.07 Å². The Bertz CT molecular complexity index is 878. The number of nitrogens with zero attached hydrogens (tertiary/aromatic N) is 2. The molecule has 3 aromatic rings. The number of rotatable bonds is 7. The monoisotopic (exact) mass is 405 g/mol. The Morgan fingerprint density at radius 2 is 2.08 bits per heavy atom. The molecule has 0 saturated heterocycles. The topological polar surface area (TPSA) is 39.1 Å². The molecule has 0 spiro atoms. The maximum Gasteiger partial charge on any atom is 0.136 e. The molecule has 3 rings (SSSR count). The van der Waals surface area contributed by atoms with E-state index in [4.69, 9.17) is 4.74 Å². The Kier molecular flexibility index (Phi) is 5.71. The van der Waals surface area contributed by atoms with Crippen molar-refractivity contribution in [2.75, 3.05) is 19.7 Å². The van der Waals surface area contributed by atoms with Crippen molar-refractivity contribution in [2.24, 2.45) is 7.05 Å². The minimum absolute atomic E-state index is 0.327. The van der Waals surface area contributed by atoms with Crippen molar-refractivity contribution in [3.8, 4) is 17.0 Å². The maximum atomic E-state index is 14.6. The minimum Gasteiger partial charge on any atom is -0.493 e. The second-order valence-corrected chi connectivity index (χ2v) is 6.75. The maximum absolute atomic E-state index is 14.6. The van der Waals surface area contributed by atoms with Crippen molar-refractivity contribution in [1.82, 2.24) is 15.1 Å². The van der Waals surface area contributed by atoms with E-state index in [0.717, 1.165) is 34.9 Å². The average molecular weight is 406 g/mol. The van der Waals surface area contributed by atoms with Gasteiger partial charge >= 0.3 is 0 Å². The Morgan fingerprint density at radius 3 is 2.84 bits per heavy atom.